The van der Waals surface area contributed by atoms with Crippen LogP contribution in [0.3, 0.4) is 0 Å². The molecule has 31 heavy (non-hydrogen) atoms. The van der Waals surface area contributed by atoms with Crippen LogP contribution in [0, 0.1) is 10.1 Å². The molecule has 0 saturated heterocycles. The molecular weight excluding hydrogens is 414 g/mol. The molecule has 8 nitrogen and oxygen atoms in total. The fourth-order valence-electron chi connectivity index (χ4n) is 3.08. The minimum Gasteiger partial charge on any atom is -0.467 e. The average molecular weight is 436 g/mol. The monoisotopic (exact) mass is 435 g/mol. The topological polar surface area (TPSA) is 99.9 Å². The second-order valence-corrected chi connectivity index (χ2v) is 8.94. The van der Waals surface area contributed by atoms with Gasteiger partial charge in [-0.25, -0.2) is 4.98 Å². The molecule has 0 unspecified atom stereocenters. The van der Waals surface area contributed by atoms with Crippen LogP contribution >= 0.6 is 11.8 Å². The standard InChI is InChI=1S/C22H21N5O3S/c1-22(2,3)16-10-8-15(9-11-16)19-24-25-21(26(19)14-17-6-5-13-30-17)31-20-18(27(28)29)7-4-12-23-20/h4-13H,14H2,1-3H3. The van der Waals surface area contributed by atoms with Gasteiger partial charge in [-0.05, 0) is 40.9 Å². The normalized spacial score (nSPS) is 11.6. The summed E-state index contributed by atoms with van der Waals surface area (Å²) in [5.74, 6) is 1.38. The molecule has 0 N–H and O–H groups in total. The van der Waals surface area contributed by atoms with Crippen LogP contribution < -0.4 is 0 Å². The van der Waals surface area contributed by atoms with Gasteiger partial charge in [-0.3, -0.25) is 14.7 Å². The number of pyridine rings is 1. The zero-order valence-corrected chi connectivity index (χ0v) is 18.2. The van der Waals surface area contributed by atoms with Crippen LogP contribution in [0.1, 0.15) is 32.1 Å². The highest BCUT2D eigenvalue weighted by molar-refractivity contribution is 7.99. The SMILES string of the molecule is CC(C)(C)c1ccc(-c2nnc(Sc3ncccc3[N+](=O)[O-])n2Cc2ccco2)cc1. The summed E-state index contributed by atoms with van der Waals surface area (Å²) in [7, 11) is 0. The first-order chi connectivity index (χ1) is 14.8. The van der Waals surface area contributed by atoms with Crippen LogP contribution in [0.2, 0.25) is 0 Å². The number of furan rings is 1. The second kappa shape index (κ2) is 8.35. The Balaban J connectivity index is 1.75. The number of nitro groups is 1. The van der Waals surface area contributed by atoms with Crippen LogP contribution in [-0.4, -0.2) is 24.7 Å². The first kappa shape index (κ1) is 20.8. The van der Waals surface area contributed by atoms with Crippen LogP contribution in [0.15, 0.2) is 75.6 Å². The predicted molar refractivity (Wildman–Crippen MR) is 117 cm³/mol. The maximum absolute atomic E-state index is 11.4. The maximum atomic E-state index is 11.4. The van der Waals surface area contributed by atoms with Crippen molar-refractivity contribution in [2.24, 2.45) is 0 Å². The van der Waals surface area contributed by atoms with E-state index < -0.39 is 4.92 Å². The van der Waals surface area contributed by atoms with Crippen LogP contribution in [0.4, 0.5) is 5.69 Å². The largest absolute Gasteiger partial charge is 0.467 e. The van der Waals surface area contributed by atoms with Gasteiger partial charge in [0.25, 0.3) is 0 Å². The Morgan fingerprint density at radius 1 is 1.10 bits per heavy atom. The number of benzene rings is 1. The molecule has 3 aromatic heterocycles. The molecule has 0 aliphatic carbocycles. The predicted octanol–water partition coefficient (Wildman–Crippen LogP) is 5.34. The smallest absolute Gasteiger partial charge is 0.301 e. The molecule has 0 amide bonds. The summed E-state index contributed by atoms with van der Waals surface area (Å²) < 4.78 is 7.40. The summed E-state index contributed by atoms with van der Waals surface area (Å²) in [6.07, 6.45) is 3.13. The van der Waals surface area contributed by atoms with E-state index in [1.165, 1.54) is 23.9 Å². The number of hydrogen-bond donors (Lipinski definition) is 0. The molecule has 0 radical (unpaired) electrons. The molecule has 0 atom stereocenters. The summed E-state index contributed by atoms with van der Waals surface area (Å²) in [5, 5.41) is 20.8. The Hall–Kier alpha value is -3.46. The molecule has 158 valence electrons. The third-order valence-corrected chi connectivity index (χ3v) is 5.75. The number of hydrogen-bond acceptors (Lipinski definition) is 7. The van der Waals surface area contributed by atoms with E-state index in [4.69, 9.17) is 4.42 Å². The lowest BCUT2D eigenvalue weighted by Crippen LogP contribution is -2.10. The number of nitrogens with zero attached hydrogens (tertiary/aromatic N) is 5. The number of rotatable bonds is 6. The van der Waals surface area contributed by atoms with Gasteiger partial charge in [0.2, 0.25) is 0 Å². The van der Waals surface area contributed by atoms with E-state index >= 15 is 0 Å². The van der Waals surface area contributed by atoms with Crippen molar-refractivity contribution < 1.29 is 9.34 Å². The highest BCUT2D eigenvalue weighted by Gasteiger charge is 2.22. The van der Waals surface area contributed by atoms with Crippen molar-refractivity contribution in [3.8, 4) is 11.4 Å². The van der Waals surface area contributed by atoms with E-state index in [0.29, 0.717) is 17.5 Å². The third-order valence-electron chi connectivity index (χ3n) is 4.76. The summed E-state index contributed by atoms with van der Waals surface area (Å²) in [6, 6.07) is 14.8. The van der Waals surface area contributed by atoms with E-state index in [1.54, 1.807) is 6.26 Å². The lowest BCUT2D eigenvalue weighted by atomic mass is 9.87. The van der Waals surface area contributed by atoms with E-state index in [2.05, 4.69) is 48.1 Å². The van der Waals surface area contributed by atoms with Crippen molar-refractivity contribution in [3.05, 3.63) is 82.4 Å². The van der Waals surface area contributed by atoms with Crippen LogP contribution in [0.5, 0.6) is 0 Å². The molecule has 0 aliphatic heterocycles. The van der Waals surface area contributed by atoms with Gasteiger partial charge in [0, 0.05) is 17.8 Å². The molecule has 3 heterocycles. The molecule has 4 aromatic rings. The van der Waals surface area contributed by atoms with Gasteiger partial charge in [-0.15, -0.1) is 10.2 Å². The van der Waals surface area contributed by atoms with Gasteiger partial charge in [0.05, 0.1) is 17.7 Å². The second-order valence-electron chi connectivity index (χ2n) is 7.99. The molecule has 4 rings (SSSR count). The summed E-state index contributed by atoms with van der Waals surface area (Å²) >= 11 is 1.11. The van der Waals surface area contributed by atoms with E-state index in [1.807, 2.05) is 28.8 Å². The highest BCUT2D eigenvalue weighted by Crippen LogP contribution is 2.34. The Labute approximate surface area is 183 Å². The maximum Gasteiger partial charge on any atom is 0.301 e. The zero-order chi connectivity index (χ0) is 22.0. The first-order valence-corrected chi connectivity index (χ1v) is 10.5. The Kier molecular flexibility index (Phi) is 5.60. The lowest BCUT2D eigenvalue weighted by molar-refractivity contribution is -0.388. The van der Waals surface area contributed by atoms with Gasteiger partial charge in [0.15, 0.2) is 16.0 Å². The molecule has 0 fully saturated rings. The van der Waals surface area contributed by atoms with Crippen LogP contribution in [0.25, 0.3) is 11.4 Å². The molecule has 0 spiro atoms. The molecular formula is C22H21N5O3S. The molecule has 1 aromatic carbocycles. The summed E-state index contributed by atoms with van der Waals surface area (Å²) in [5.41, 5.74) is 2.08. The van der Waals surface area contributed by atoms with E-state index in [9.17, 15) is 10.1 Å². The molecule has 0 saturated carbocycles. The summed E-state index contributed by atoms with van der Waals surface area (Å²) in [6.45, 7) is 6.88. The van der Waals surface area contributed by atoms with Crippen molar-refractivity contribution in [3.63, 3.8) is 0 Å². The van der Waals surface area contributed by atoms with Crippen molar-refractivity contribution >= 4 is 17.4 Å². The summed E-state index contributed by atoms with van der Waals surface area (Å²) in [4.78, 5) is 15.1. The zero-order valence-electron chi connectivity index (χ0n) is 17.3. The van der Waals surface area contributed by atoms with Gasteiger partial charge < -0.3 is 4.42 Å². The average Bonchev–Trinajstić information content (AvgIpc) is 3.39. The first-order valence-electron chi connectivity index (χ1n) is 9.66. The Morgan fingerprint density at radius 2 is 1.87 bits per heavy atom. The quantitative estimate of drug-likeness (QED) is 0.298. The Bertz CT molecular complexity index is 1190. The van der Waals surface area contributed by atoms with E-state index in [-0.39, 0.29) is 16.1 Å². The Morgan fingerprint density at radius 3 is 2.52 bits per heavy atom. The van der Waals surface area contributed by atoms with Gasteiger partial charge in [-0.2, -0.15) is 0 Å². The molecule has 9 heteroatoms. The van der Waals surface area contributed by atoms with E-state index in [0.717, 1.165) is 23.1 Å². The minimum atomic E-state index is -0.450. The third kappa shape index (κ3) is 4.51. The molecule has 0 aliphatic rings. The minimum absolute atomic E-state index is 0.0410. The fraction of sp³-hybridized carbons (Fsp3) is 0.227. The fourth-order valence-corrected chi connectivity index (χ4v) is 3.96. The van der Waals surface area contributed by atoms with Crippen molar-refractivity contribution in [2.45, 2.75) is 42.9 Å². The molecule has 0 bridgehead atoms. The van der Waals surface area contributed by atoms with Gasteiger partial charge in [-0.1, -0.05) is 45.0 Å². The lowest BCUT2D eigenvalue weighted by Gasteiger charge is -2.19. The van der Waals surface area contributed by atoms with Crippen LogP contribution in [-0.2, 0) is 12.0 Å². The highest BCUT2D eigenvalue weighted by atomic mass is 32.2. The van der Waals surface area contributed by atoms with Gasteiger partial charge in [0.1, 0.15) is 5.76 Å². The van der Waals surface area contributed by atoms with Crippen molar-refractivity contribution in [1.82, 2.24) is 19.7 Å². The van der Waals surface area contributed by atoms with Crippen molar-refractivity contribution in [2.75, 3.05) is 0 Å². The van der Waals surface area contributed by atoms with Crippen molar-refractivity contribution in [1.29, 1.82) is 0 Å². The number of aromatic nitrogens is 4. The van der Waals surface area contributed by atoms with Gasteiger partial charge >= 0.3 is 5.69 Å².